The van der Waals surface area contributed by atoms with Gasteiger partial charge in [0.1, 0.15) is 18.2 Å². The highest BCUT2D eigenvalue weighted by molar-refractivity contribution is 5.95. The van der Waals surface area contributed by atoms with Gasteiger partial charge in [-0.3, -0.25) is 9.69 Å². The number of morpholine rings is 1. The number of aliphatic hydroxyl groups is 1. The van der Waals surface area contributed by atoms with E-state index in [4.69, 9.17) is 4.74 Å². The van der Waals surface area contributed by atoms with Gasteiger partial charge < -0.3 is 25.4 Å². The summed E-state index contributed by atoms with van der Waals surface area (Å²) in [6, 6.07) is 8.23. The first kappa shape index (κ1) is 27.6. The van der Waals surface area contributed by atoms with Crippen LogP contribution in [0.4, 0.5) is 35.3 Å². The standard InChI is InChI=1S/C26H32F3N5O4/c1-16-3-4-20(31-25(37)33-6-5-18(13-33)12-26(27,28)29)11-21(16)19-9-22(30-17(2)14-35)32-23(10-19)34-7-8-38-15-24(34)36/h3-4,9-11,17-18,35H,5-8,12-15H2,1-2H3,(H,30,32)(H,31,37)/t17?,18-/m0/s1. The number of carbonyl (C=O) groups is 2. The molecule has 1 unspecified atom stereocenters. The number of nitrogens with one attached hydrogen (secondary N) is 2. The van der Waals surface area contributed by atoms with Gasteiger partial charge in [0, 0.05) is 31.2 Å². The van der Waals surface area contributed by atoms with E-state index in [0.717, 1.165) is 16.7 Å². The van der Waals surface area contributed by atoms with E-state index in [2.05, 4.69) is 15.6 Å². The van der Waals surface area contributed by atoms with Crippen molar-refractivity contribution in [3.05, 3.63) is 35.9 Å². The van der Waals surface area contributed by atoms with Gasteiger partial charge in [0.25, 0.3) is 5.91 Å². The van der Waals surface area contributed by atoms with E-state index in [0.29, 0.717) is 36.9 Å². The lowest BCUT2D eigenvalue weighted by atomic mass is 10.00. The minimum atomic E-state index is -4.25. The van der Waals surface area contributed by atoms with Crippen LogP contribution in [0, 0.1) is 12.8 Å². The molecular weight excluding hydrogens is 503 g/mol. The fourth-order valence-corrected chi connectivity index (χ4v) is 4.67. The maximum atomic E-state index is 12.8. The molecule has 3 heterocycles. The summed E-state index contributed by atoms with van der Waals surface area (Å²) in [5.74, 6) is 0.0962. The molecule has 2 aromatic rings. The molecule has 0 bridgehead atoms. The second-order valence-electron chi connectivity index (χ2n) is 9.81. The molecule has 12 heteroatoms. The SMILES string of the molecule is Cc1ccc(NC(=O)N2CC[C@@H](CC(F)(F)F)C2)cc1-c1cc(NC(C)CO)nc(N2CCOCC2=O)c1. The first-order chi connectivity index (χ1) is 18.0. The van der Waals surface area contributed by atoms with E-state index in [-0.39, 0.29) is 38.3 Å². The molecule has 1 aromatic heterocycles. The number of aliphatic hydroxyl groups excluding tert-OH is 1. The molecule has 2 aliphatic rings. The summed E-state index contributed by atoms with van der Waals surface area (Å²) in [6.07, 6.45) is -4.83. The first-order valence-electron chi connectivity index (χ1n) is 12.5. The van der Waals surface area contributed by atoms with Crippen molar-refractivity contribution in [2.75, 3.05) is 55.0 Å². The predicted octanol–water partition coefficient (Wildman–Crippen LogP) is 4.02. The predicted molar refractivity (Wildman–Crippen MR) is 137 cm³/mol. The highest BCUT2D eigenvalue weighted by Gasteiger charge is 2.36. The summed E-state index contributed by atoms with van der Waals surface area (Å²) < 4.78 is 43.5. The molecule has 0 spiro atoms. The van der Waals surface area contributed by atoms with Crippen molar-refractivity contribution in [2.24, 2.45) is 5.92 Å². The molecule has 9 nitrogen and oxygen atoms in total. The molecule has 2 saturated heterocycles. The monoisotopic (exact) mass is 535 g/mol. The van der Waals surface area contributed by atoms with Crippen LogP contribution in [0.15, 0.2) is 30.3 Å². The summed E-state index contributed by atoms with van der Waals surface area (Å²) in [6.45, 7) is 4.62. The third-order valence-electron chi connectivity index (χ3n) is 6.64. The number of rotatable bonds is 7. The number of aromatic nitrogens is 1. The van der Waals surface area contributed by atoms with Gasteiger partial charge in [-0.1, -0.05) is 6.07 Å². The zero-order valence-electron chi connectivity index (χ0n) is 21.3. The second-order valence-corrected chi connectivity index (χ2v) is 9.81. The van der Waals surface area contributed by atoms with Gasteiger partial charge in [0.15, 0.2) is 0 Å². The quantitative estimate of drug-likeness (QED) is 0.495. The Hall–Kier alpha value is -3.38. The van der Waals surface area contributed by atoms with E-state index < -0.39 is 24.5 Å². The summed E-state index contributed by atoms with van der Waals surface area (Å²) in [5.41, 5.74) is 2.92. The normalized spacial score (nSPS) is 19.0. The average molecular weight is 536 g/mol. The summed E-state index contributed by atoms with van der Waals surface area (Å²) >= 11 is 0. The van der Waals surface area contributed by atoms with Crippen molar-refractivity contribution in [2.45, 2.75) is 38.9 Å². The average Bonchev–Trinajstić information content (AvgIpc) is 3.32. The molecular formula is C26H32F3N5O4. The molecule has 3 N–H and O–H groups in total. The van der Waals surface area contributed by atoms with Crippen molar-refractivity contribution < 1.29 is 32.6 Å². The Kier molecular flexibility index (Phi) is 8.41. The van der Waals surface area contributed by atoms with Crippen molar-refractivity contribution in [1.82, 2.24) is 9.88 Å². The lowest BCUT2D eigenvalue weighted by molar-refractivity contribution is -0.143. The molecule has 4 rings (SSSR count). The maximum absolute atomic E-state index is 12.8. The summed E-state index contributed by atoms with van der Waals surface area (Å²) in [7, 11) is 0. The number of urea groups is 1. The summed E-state index contributed by atoms with van der Waals surface area (Å²) in [4.78, 5) is 32.8. The smallest absolute Gasteiger partial charge is 0.389 e. The fourth-order valence-electron chi connectivity index (χ4n) is 4.67. The van der Waals surface area contributed by atoms with Gasteiger partial charge in [-0.05, 0) is 67.1 Å². The van der Waals surface area contributed by atoms with Crippen LogP contribution in [0.3, 0.4) is 0 Å². The molecule has 0 radical (unpaired) electrons. The lowest BCUT2D eigenvalue weighted by Gasteiger charge is -2.27. The molecule has 0 aliphatic carbocycles. The van der Waals surface area contributed by atoms with Crippen LogP contribution in [0.2, 0.25) is 0 Å². The van der Waals surface area contributed by atoms with E-state index >= 15 is 0 Å². The van der Waals surface area contributed by atoms with Gasteiger partial charge in [-0.15, -0.1) is 0 Å². The molecule has 2 fully saturated rings. The fraction of sp³-hybridized carbons (Fsp3) is 0.500. The third-order valence-corrected chi connectivity index (χ3v) is 6.64. The van der Waals surface area contributed by atoms with Crippen molar-refractivity contribution >= 4 is 29.3 Å². The Labute approximate surface area is 219 Å². The van der Waals surface area contributed by atoms with Crippen molar-refractivity contribution in [1.29, 1.82) is 0 Å². The zero-order valence-corrected chi connectivity index (χ0v) is 21.3. The Morgan fingerprint density at radius 2 is 2.05 bits per heavy atom. The number of benzene rings is 1. The molecule has 0 saturated carbocycles. The number of anilines is 3. The zero-order chi connectivity index (χ0) is 27.4. The van der Waals surface area contributed by atoms with Crippen molar-refractivity contribution in [3.63, 3.8) is 0 Å². The number of halogens is 3. The van der Waals surface area contributed by atoms with Crippen LogP contribution in [-0.4, -0.2) is 78.6 Å². The first-order valence-corrected chi connectivity index (χ1v) is 12.5. The molecule has 38 heavy (non-hydrogen) atoms. The largest absolute Gasteiger partial charge is 0.394 e. The number of pyridine rings is 1. The van der Waals surface area contributed by atoms with Crippen LogP contribution in [-0.2, 0) is 9.53 Å². The summed E-state index contributed by atoms with van der Waals surface area (Å²) in [5, 5.41) is 15.4. The van der Waals surface area contributed by atoms with E-state index in [9.17, 15) is 27.9 Å². The topological polar surface area (TPSA) is 107 Å². The van der Waals surface area contributed by atoms with Gasteiger partial charge in [-0.2, -0.15) is 13.2 Å². The number of amides is 3. The van der Waals surface area contributed by atoms with Crippen molar-refractivity contribution in [3.8, 4) is 11.1 Å². The van der Waals surface area contributed by atoms with Gasteiger partial charge in [0.05, 0.1) is 19.8 Å². The Balaban J connectivity index is 1.58. The van der Waals surface area contributed by atoms with Crippen LogP contribution in [0.25, 0.3) is 11.1 Å². The number of carbonyl (C=O) groups excluding carboxylic acids is 2. The van der Waals surface area contributed by atoms with E-state index in [1.807, 2.05) is 13.0 Å². The van der Waals surface area contributed by atoms with Gasteiger partial charge >= 0.3 is 12.2 Å². The Morgan fingerprint density at radius 1 is 1.26 bits per heavy atom. The van der Waals surface area contributed by atoms with Crippen LogP contribution in [0.1, 0.15) is 25.3 Å². The Bertz CT molecular complexity index is 1180. The minimum absolute atomic E-state index is 0.0391. The molecule has 206 valence electrons. The minimum Gasteiger partial charge on any atom is -0.394 e. The maximum Gasteiger partial charge on any atom is 0.389 e. The number of ether oxygens (including phenoxy) is 1. The molecule has 1 aromatic carbocycles. The van der Waals surface area contributed by atoms with Crippen LogP contribution >= 0.6 is 0 Å². The number of alkyl halides is 3. The van der Waals surface area contributed by atoms with Crippen LogP contribution in [0.5, 0.6) is 0 Å². The van der Waals surface area contributed by atoms with E-state index in [1.54, 1.807) is 36.1 Å². The molecule has 2 aliphatic heterocycles. The highest BCUT2D eigenvalue weighted by atomic mass is 19.4. The number of aryl methyl sites for hydroxylation is 1. The number of hydrogen-bond donors (Lipinski definition) is 3. The number of likely N-dealkylation sites (tertiary alicyclic amines) is 1. The number of nitrogens with zero attached hydrogens (tertiary/aromatic N) is 3. The third kappa shape index (κ3) is 6.93. The molecule has 2 atom stereocenters. The number of hydrogen-bond acceptors (Lipinski definition) is 6. The molecule has 3 amide bonds. The second kappa shape index (κ2) is 11.6. The lowest BCUT2D eigenvalue weighted by Crippen LogP contribution is -2.42. The van der Waals surface area contributed by atoms with E-state index in [1.165, 1.54) is 4.90 Å². The van der Waals surface area contributed by atoms with Gasteiger partial charge in [-0.25, -0.2) is 9.78 Å². The van der Waals surface area contributed by atoms with Crippen LogP contribution < -0.4 is 15.5 Å². The Morgan fingerprint density at radius 3 is 2.76 bits per heavy atom. The highest BCUT2D eigenvalue weighted by Crippen LogP contribution is 2.33. The van der Waals surface area contributed by atoms with Gasteiger partial charge in [0.2, 0.25) is 0 Å².